The molecule has 1 aromatic rings. The van der Waals surface area contributed by atoms with Gasteiger partial charge in [-0.25, -0.2) is 0 Å². The highest BCUT2D eigenvalue weighted by Crippen LogP contribution is 2.40. The Hall–Kier alpha value is -0.850. The van der Waals surface area contributed by atoms with Gasteiger partial charge in [0.05, 0.1) is 0 Å². The summed E-state index contributed by atoms with van der Waals surface area (Å²) in [5, 5.41) is 0. The first-order chi connectivity index (χ1) is 5.88. The molecule has 0 atom stereocenters. The summed E-state index contributed by atoms with van der Waals surface area (Å²) in [6.07, 6.45) is 6.60. The summed E-state index contributed by atoms with van der Waals surface area (Å²) in [7, 11) is 0. The van der Waals surface area contributed by atoms with E-state index in [2.05, 4.69) is 18.0 Å². The molecule has 12 heavy (non-hydrogen) atoms. The molecule has 1 nitrogen and oxygen atoms in total. The maximum atomic E-state index is 4.11. The molecular formula is C11H17N. The second-order valence-electron chi connectivity index (χ2n) is 3.01. The van der Waals surface area contributed by atoms with Crippen molar-refractivity contribution in [2.24, 2.45) is 0 Å². The highest BCUT2D eigenvalue weighted by atomic mass is 14.6. The Kier molecular flexibility index (Phi) is 3.27. The minimum absolute atomic E-state index is 0.841. The lowest BCUT2D eigenvalue weighted by Crippen LogP contribution is -1.85. The van der Waals surface area contributed by atoms with Crippen molar-refractivity contribution < 1.29 is 0 Å². The SMILES string of the molecule is CC.Cc1ccncc1C1CC1. The summed E-state index contributed by atoms with van der Waals surface area (Å²) in [4.78, 5) is 4.11. The average molecular weight is 163 g/mol. The Balaban J connectivity index is 0.000000336. The molecule has 0 amide bonds. The Morgan fingerprint density at radius 3 is 2.50 bits per heavy atom. The number of aryl methyl sites for hydroxylation is 1. The van der Waals surface area contributed by atoms with Crippen LogP contribution in [0.3, 0.4) is 0 Å². The van der Waals surface area contributed by atoms with E-state index in [1.807, 2.05) is 26.2 Å². The number of pyridine rings is 1. The molecule has 66 valence electrons. The first-order valence-corrected chi connectivity index (χ1v) is 4.78. The van der Waals surface area contributed by atoms with E-state index in [-0.39, 0.29) is 0 Å². The summed E-state index contributed by atoms with van der Waals surface area (Å²) < 4.78 is 0. The number of nitrogens with zero attached hydrogens (tertiary/aromatic N) is 1. The summed E-state index contributed by atoms with van der Waals surface area (Å²) in [5.74, 6) is 0.841. The zero-order valence-electron chi connectivity index (χ0n) is 8.17. The van der Waals surface area contributed by atoms with Crippen molar-refractivity contribution in [2.45, 2.75) is 39.5 Å². The molecule has 0 spiro atoms. The first-order valence-electron chi connectivity index (χ1n) is 4.78. The van der Waals surface area contributed by atoms with Crippen LogP contribution in [0.4, 0.5) is 0 Å². The van der Waals surface area contributed by atoms with E-state index in [1.54, 1.807) is 0 Å². The molecule has 1 heterocycles. The molecule has 2 rings (SSSR count). The minimum atomic E-state index is 0.841. The van der Waals surface area contributed by atoms with Crippen LogP contribution in [0.25, 0.3) is 0 Å². The van der Waals surface area contributed by atoms with Crippen LogP contribution in [-0.4, -0.2) is 4.98 Å². The van der Waals surface area contributed by atoms with E-state index in [0.29, 0.717) is 0 Å². The van der Waals surface area contributed by atoms with E-state index in [9.17, 15) is 0 Å². The molecule has 1 aliphatic rings. The van der Waals surface area contributed by atoms with Gasteiger partial charge in [-0.2, -0.15) is 0 Å². The molecule has 0 unspecified atom stereocenters. The number of hydrogen-bond acceptors (Lipinski definition) is 1. The van der Waals surface area contributed by atoms with Gasteiger partial charge in [0.15, 0.2) is 0 Å². The van der Waals surface area contributed by atoms with Crippen molar-refractivity contribution in [3.05, 3.63) is 29.6 Å². The fourth-order valence-corrected chi connectivity index (χ4v) is 1.30. The van der Waals surface area contributed by atoms with Gasteiger partial charge in [0, 0.05) is 12.4 Å². The molecule has 0 aromatic carbocycles. The zero-order valence-corrected chi connectivity index (χ0v) is 8.17. The van der Waals surface area contributed by atoms with Gasteiger partial charge in [-0.15, -0.1) is 0 Å². The van der Waals surface area contributed by atoms with Gasteiger partial charge in [0.1, 0.15) is 0 Å². The van der Waals surface area contributed by atoms with Gasteiger partial charge in [-0.3, -0.25) is 4.98 Å². The van der Waals surface area contributed by atoms with Gasteiger partial charge < -0.3 is 0 Å². The lowest BCUT2D eigenvalue weighted by molar-refractivity contribution is 1.06. The quantitative estimate of drug-likeness (QED) is 0.619. The largest absolute Gasteiger partial charge is 0.264 e. The Bertz CT molecular complexity index is 239. The molecule has 0 N–H and O–H groups in total. The van der Waals surface area contributed by atoms with E-state index in [0.717, 1.165) is 5.92 Å². The highest BCUT2D eigenvalue weighted by Gasteiger charge is 2.24. The van der Waals surface area contributed by atoms with E-state index in [4.69, 9.17) is 0 Å². The van der Waals surface area contributed by atoms with Gasteiger partial charge in [0.25, 0.3) is 0 Å². The van der Waals surface area contributed by atoms with Crippen molar-refractivity contribution in [1.82, 2.24) is 4.98 Å². The third-order valence-electron chi connectivity index (χ3n) is 2.10. The average Bonchev–Trinajstić information content (AvgIpc) is 2.92. The lowest BCUT2D eigenvalue weighted by atomic mass is 10.1. The summed E-state index contributed by atoms with van der Waals surface area (Å²) in [6, 6.07) is 2.09. The topological polar surface area (TPSA) is 12.9 Å². The first kappa shape index (κ1) is 9.24. The van der Waals surface area contributed by atoms with Crippen molar-refractivity contribution in [3.8, 4) is 0 Å². The van der Waals surface area contributed by atoms with Crippen molar-refractivity contribution in [3.63, 3.8) is 0 Å². The molecule has 1 aliphatic carbocycles. The normalized spacial score (nSPS) is 14.9. The molecule has 0 radical (unpaired) electrons. The number of hydrogen-bond donors (Lipinski definition) is 0. The summed E-state index contributed by atoms with van der Waals surface area (Å²) >= 11 is 0. The van der Waals surface area contributed by atoms with Crippen molar-refractivity contribution >= 4 is 0 Å². The number of rotatable bonds is 1. The van der Waals surface area contributed by atoms with Gasteiger partial charge in [-0.05, 0) is 42.9 Å². The lowest BCUT2D eigenvalue weighted by Gasteiger charge is -1.99. The van der Waals surface area contributed by atoms with E-state index < -0.39 is 0 Å². The molecule has 1 heteroatoms. The fourth-order valence-electron chi connectivity index (χ4n) is 1.30. The summed E-state index contributed by atoms with van der Waals surface area (Å²) in [6.45, 7) is 6.16. The van der Waals surface area contributed by atoms with Crippen LogP contribution in [0.15, 0.2) is 18.5 Å². The molecule has 0 saturated heterocycles. The Morgan fingerprint density at radius 2 is 2.00 bits per heavy atom. The molecule has 1 aromatic heterocycles. The maximum absolute atomic E-state index is 4.11. The molecule has 0 aliphatic heterocycles. The fraction of sp³-hybridized carbons (Fsp3) is 0.545. The van der Waals surface area contributed by atoms with Crippen LogP contribution in [0.2, 0.25) is 0 Å². The smallest absolute Gasteiger partial charge is 0.0305 e. The van der Waals surface area contributed by atoms with Gasteiger partial charge >= 0.3 is 0 Å². The van der Waals surface area contributed by atoms with Crippen LogP contribution in [0.5, 0.6) is 0 Å². The van der Waals surface area contributed by atoms with Crippen molar-refractivity contribution in [1.29, 1.82) is 0 Å². The predicted octanol–water partition coefficient (Wildman–Crippen LogP) is 3.29. The Morgan fingerprint density at radius 1 is 1.33 bits per heavy atom. The molecule has 1 saturated carbocycles. The maximum Gasteiger partial charge on any atom is 0.0305 e. The van der Waals surface area contributed by atoms with Crippen molar-refractivity contribution in [2.75, 3.05) is 0 Å². The molecule has 0 bridgehead atoms. The third kappa shape index (κ3) is 2.07. The van der Waals surface area contributed by atoms with Gasteiger partial charge in [0.2, 0.25) is 0 Å². The van der Waals surface area contributed by atoms with Crippen LogP contribution in [0.1, 0.15) is 43.7 Å². The highest BCUT2D eigenvalue weighted by molar-refractivity contribution is 5.28. The minimum Gasteiger partial charge on any atom is -0.264 e. The number of aromatic nitrogens is 1. The Labute approximate surface area is 74.8 Å². The monoisotopic (exact) mass is 163 g/mol. The van der Waals surface area contributed by atoms with Crippen LogP contribution < -0.4 is 0 Å². The van der Waals surface area contributed by atoms with Crippen LogP contribution >= 0.6 is 0 Å². The van der Waals surface area contributed by atoms with E-state index in [1.165, 1.54) is 24.0 Å². The standard InChI is InChI=1S/C9H11N.C2H6/c1-7-4-5-10-6-9(7)8-2-3-8;1-2/h4-6,8H,2-3H2,1H3;1-2H3. The van der Waals surface area contributed by atoms with E-state index >= 15 is 0 Å². The zero-order chi connectivity index (χ0) is 8.97. The molecular weight excluding hydrogens is 146 g/mol. The second-order valence-corrected chi connectivity index (χ2v) is 3.01. The van der Waals surface area contributed by atoms with Crippen LogP contribution in [-0.2, 0) is 0 Å². The molecule has 1 fully saturated rings. The predicted molar refractivity (Wildman–Crippen MR) is 52.3 cm³/mol. The second kappa shape index (κ2) is 4.24. The van der Waals surface area contributed by atoms with Crippen LogP contribution in [0, 0.1) is 6.92 Å². The summed E-state index contributed by atoms with van der Waals surface area (Å²) in [5.41, 5.74) is 2.86. The van der Waals surface area contributed by atoms with Gasteiger partial charge in [-0.1, -0.05) is 13.8 Å². The third-order valence-corrected chi connectivity index (χ3v) is 2.10.